The van der Waals surface area contributed by atoms with E-state index in [9.17, 15) is 4.39 Å². The molecule has 0 spiro atoms. The van der Waals surface area contributed by atoms with E-state index in [1.165, 1.54) is 23.9 Å². The van der Waals surface area contributed by atoms with Crippen LogP contribution in [0.5, 0.6) is 5.75 Å². The molecule has 2 heterocycles. The van der Waals surface area contributed by atoms with E-state index in [1.807, 2.05) is 34.9 Å². The molecule has 0 aliphatic heterocycles. The van der Waals surface area contributed by atoms with Crippen LogP contribution in [0.15, 0.2) is 70.5 Å². The molecule has 136 valence electrons. The molecule has 0 bridgehead atoms. The molecule has 6 nitrogen and oxygen atoms in total. The van der Waals surface area contributed by atoms with E-state index in [-0.39, 0.29) is 5.82 Å². The maximum atomic E-state index is 13.5. The molecule has 0 aliphatic carbocycles. The molecule has 4 aromatic rings. The van der Waals surface area contributed by atoms with Crippen LogP contribution in [-0.2, 0) is 5.75 Å². The zero-order chi connectivity index (χ0) is 18.6. The molecule has 0 N–H and O–H groups in total. The molecule has 27 heavy (non-hydrogen) atoms. The van der Waals surface area contributed by atoms with Crippen molar-refractivity contribution >= 4 is 11.8 Å². The van der Waals surface area contributed by atoms with Gasteiger partial charge in [-0.05, 0) is 42.5 Å². The van der Waals surface area contributed by atoms with E-state index in [1.54, 1.807) is 25.6 Å². The molecule has 0 radical (unpaired) electrons. The zero-order valence-corrected chi connectivity index (χ0v) is 15.2. The predicted molar refractivity (Wildman–Crippen MR) is 99.4 cm³/mol. The molecule has 0 aliphatic rings. The second-order valence-electron chi connectivity index (χ2n) is 5.58. The summed E-state index contributed by atoms with van der Waals surface area (Å²) in [6.45, 7) is 0. The summed E-state index contributed by atoms with van der Waals surface area (Å²) in [4.78, 5) is 4.32. The Kier molecular flexibility index (Phi) is 4.88. The third-order valence-electron chi connectivity index (χ3n) is 3.82. The molecule has 0 saturated heterocycles. The van der Waals surface area contributed by atoms with Gasteiger partial charge in [-0.1, -0.05) is 17.8 Å². The van der Waals surface area contributed by atoms with Gasteiger partial charge in [0.25, 0.3) is 0 Å². The summed E-state index contributed by atoms with van der Waals surface area (Å²) in [6, 6.07) is 13.8. The van der Waals surface area contributed by atoms with Crippen molar-refractivity contribution < 1.29 is 13.5 Å². The second kappa shape index (κ2) is 7.63. The minimum atomic E-state index is -0.293. The van der Waals surface area contributed by atoms with Gasteiger partial charge in [0.1, 0.15) is 11.6 Å². The summed E-state index contributed by atoms with van der Waals surface area (Å²) in [5.74, 6) is 1.85. The summed E-state index contributed by atoms with van der Waals surface area (Å²) in [6.07, 6.45) is 3.46. The number of ether oxygens (including phenoxy) is 1. The van der Waals surface area contributed by atoms with Gasteiger partial charge in [0.15, 0.2) is 5.16 Å². The van der Waals surface area contributed by atoms with Crippen LogP contribution < -0.4 is 4.74 Å². The number of benzene rings is 2. The lowest BCUT2D eigenvalue weighted by molar-refractivity contribution is 0.415. The fourth-order valence-corrected chi connectivity index (χ4v) is 3.32. The molecule has 0 saturated carbocycles. The highest BCUT2D eigenvalue weighted by Crippen LogP contribution is 2.26. The normalized spacial score (nSPS) is 10.9. The highest BCUT2D eigenvalue weighted by molar-refractivity contribution is 7.98. The Morgan fingerprint density at radius 3 is 2.78 bits per heavy atom. The smallest absolute Gasteiger partial charge is 0.247 e. The van der Waals surface area contributed by atoms with Gasteiger partial charge in [0.05, 0.1) is 18.6 Å². The van der Waals surface area contributed by atoms with Crippen LogP contribution in [0.4, 0.5) is 4.39 Å². The largest absolute Gasteiger partial charge is 0.497 e. The highest BCUT2D eigenvalue weighted by atomic mass is 32.2. The van der Waals surface area contributed by atoms with Crippen LogP contribution in [0.1, 0.15) is 5.89 Å². The maximum absolute atomic E-state index is 13.5. The molecular formula is C19H15FN4O2S. The lowest BCUT2D eigenvalue weighted by Gasteiger charge is -2.06. The summed E-state index contributed by atoms with van der Waals surface area (Å²) in [5.41, 5.74) is 1.53. The number of nitrogens with zero attached hydrogens (tertiary/aromatic N) is 4. The van der Waals surface area contributed by atoms with E-state index in [0.717, 1.165) is 11.3 Å². The Balaban J connectivity index is 1.47. The molecule has 2 aromatic carbocycles. The minimum absolute atomic E-state index is 0.293. The predicted octanol–water partition coefficient (Wildman–Crippen LogP) is 4.36. The standard InChI is InChI=1S/C19H15FN4O2S/c1-25-16-7-5-13(6-8-16)18-23-22-17(26-18)12-27-19-21-9-10-24(19)15-4-2-3-14(20)11-15/h2-11H,12H2,1H3. The maximum Gasteiger partial charge on any atom is 0.247 e. The SMILES string of the molecule is COc1ccc(-c2nnc(CSc3nccn3-c3cccc(F)c3)o2)cc1. The number of aromatic nitrogens is 4. The highest BCUT2D eigenvalue weighted by Gasteiger charge is 2.12. The summed E-state index contributed by atoms with van der Waals surface area (Å²) in [7, 11) is 1.62. The number of hydrogen-bond donors (Lipinski definition) is 0. The molecule has 8 heteroatoms. The minimum Gasteiger partial charge on any atom is -0.497 e. The van der Waals surface area contributed by atoms with E-state index < -0.39 is 0 Å². The topological polar surface area (TPSA) is 66.0 Å². The van der Waals surface area contributed by atoms with Gasteiger partial charge in [-0.2, -0.15) is 0 Å². The molecular weight excluding hydrogens is 367 g/mol. The average Bonchev–Trinajstić information content (AvgIpc) is 3.36. The van der Waals surface area contributed by atoms with Gasteiger partial charge in [-0.15, -0.1) is 10.2 Å². The van der Waals surface area contributed by atoms with Gasteiger partial charge in [0, 0.05) is 18.0 Å². The van der Waals surface area contributed by atoms with Crippen molar-refractivity contribution in [2.75, 3.05) is 7.11 Å². The third kappa shape index (κ3) is 3.85. The van der Waals surface area contributed by atoms with E-state index in [4.69, 9.17) is 9.15 Å². The molecule has 4 rings (SSSR count). The molecule has 2 aromatic heterocycles. The van der Waals surface area contributed by atoms with Crippen molar-refractivity contribution in [3.63, 3.8) is 0 Å². The lowest BCUT2D eigenvalue weighted by Crippen LogP contribution is -1.96. The van der Waals surface area contributed by atoms with E-state index in [2.05, 4.69) is 15.2 Å². The Morgan fingerprint density at radius 2 is 2.00 bits per heavy atom. The van der Waals surface area contributed by atoms with Crippen LogP contribution >= 0.6 is 11.8 Å². The average molecular weight is 382 g/mol. The molecule has 0 atom stereocenters. The van der Waals surface area contributed by atoms with Crippen molar-refractivity contribution in [1.29, 1.82) is 0 Å². The number of hydrogen-bond acceptors (Lipinski definition) is 6. The van der Waals surface area contributed by atoms with Crippen molar-refractivity contribution in [2.45, 2.75) is 10.9 Å². The summed E-state index contributed by atoms with van der Waals surface area (Å²) < 4.78 is 26.2. The number of methoxy groups -OCH3 is 1. The van der Waals surface area contributed by atoms with Gasteiger partial charge in [0.2, 0.25) is 11.8 Å². The second-order valence-corrected chi connectivity index (χ2v) is 6.52. The molecule has 0 unspecified atom stereocenters. The monoisotopic (exact) mass is 382 g/mol. The fourth-order valence-electron chi connectivity index (χ4n) is 2.51. The number of rotatable bonds is 6. The first kappa shape index (κ1) is 17.3. The van der Waals surface area contributed by atoms with Crippen LogP contribution in [0.3, 0.4) is 0 Å². The van der Waals surface area contributed by atoms with Gasteiger partial charge in [-0.25, -0.2) is 9.37 Å². The van der Waals surface area contributed by atoms with Gasteiger partial charge < -0.3 is 9.15 Å². The van der Waals surface area contributed by atoms with Crippen molar-refractivity contribution in [2.24, 2.45) is 0 Å². The number of imidazole rings is 1. The Hall–Kier alpha value is -3.13. The Labute approximate surface area is 159 Å². The van der Waals surface area contributed by atoms with Crippen LogP contribution in [0.2, 0.25) is 0 Å². The quantitative estimate of drug-likeness (QED) is 0.462. The first-order valence-electron chi connectivity index (χ1n) is 8.12. The first-order valence-corrected chi connectivity index (χ1v) is 9.10. The van der Waals surface area contributed by atoms with E-state index >= 15 is 0 Å². The van der Waals surface area contributed by atoms with Gasteiger partial charge >= 0.3 is 0 Å². The Morgan fingerprint density at radius 1 is 1.15 bits per heavy atom. The van der Waals surface area contributed by atoms with Gasteiger partial charge in [-0.3, -0.25) is 4.57 Å². The molecule has 0 fully saturated rings. The third-order valence-corrected chi connectivity index (χ3v) is 4.77. The fraction of sp³-hybridized carbons (Fsp3) is 0.105. The van der Waals surface area contributed by atoms with Crippen molar-refractivity contribution in [1.82, 2.24) is 19.7 Å². The number of halogens is 1. The van der Waals surface area contributed by atoms with Crippen molar-refractivity contribution in [3.8, 4) is 22.9 Å². The van der Waals surface area contributed by atoms with Crippen molar-refractivity contribution in [3.05, 3.63) is 72.6 Å². The van der Waals surface area contributed by atoms with Crippen LogP contribution in [0.25, 0.3) is 17.1 Å². The lowest BCUT2D eigenvalue weighted by atomic mass is 10.2. The summed E-state index contributed by atoms with van der Waals surface area (Å²) >= 11 is 1.44. The van der Waals surface area contributed by atoms with Crippen LogP contribution in [0, 0.1) is 5.82 Å². The zero-order valence-electron chi connectivity index (χ0n) is 14.4. The Bertz CT molecular complexity index is 1050. The number of thioether (sulfide) groups is 1. The van der Waals surface area contributed by atoms with E-state index in [0.29, 0.717) is 28.4 Å². The molecule has 0 amide bonds. The van der Waals surface area contributed by atoms with Crippen LogP contribution in [-0.4, -0.2) is 26.9 Å². The first-order chi connectivity index (χ1) is 13.2. The summed E-state index contributed by atoms with van der Waals surface area (Å²) in [5, 5.41) is 8.88.